The number of hydrogen-bond donors (Lipinski definition) is 1. The lowest BCUT2D eigenvalue weighted by Gasteiger charge is -2.14. The first kappa shape index (κ1) is 19.2. The average molecular weight is 423 g/mol. The quantitative estimate of drug-likeness (QED) is 0.449. The maximum atomic E-state index is 12.8. The van der Waals surface area contributed by atoms with Crippen LogP contribution in [0.5, 0.6) is 0 Å². The molecule has 2 heterocycles. The zero-order valence-corrected chi connectivity index (χ0v) is 16.8. The van der Waals surface area contributed by atoms with Gasteiger partial charge in [0.2, 0.25) is 0 Å². The summed E-state index contributed by atoms with van der Waals surface area (Å²) in [6, 6.07) is 10.6. The van der Waals surface area contributed by atoms with E-state index in [2.05, 4.69) is 21.9 Å². The number of imidazole rings is 1. The molecule has 144 valence electrons. The van der Waals surface area contributed by atoms with Crippen LogP contribution in [-0.4, -0.2) is 20.4 Å². The van der Waals surface area contributed by atoms with Crippen LogP contribution < -0.4 is 5.32 Å². The van der Waals surface area contributed by atoms with Gasteiger partial charge in [-0.3, -0.25) is 9.78 Å². The van der Waals surface area contributed by atoms with Gasteiger partial charge in [-0.15, -0.1) is 0 Å². The Hall–Kier alpha value is -3.15. The number of benzene rings is 2. The van der Waals surface area contributed by atoms with E-state index in [4.69, 9.17) is 23.2 Å². The van der Waals surface area contributed by atoms with E-state index in [0.29, 0.717) is 17.7 Å². The number of carbonyl (C=O) groups excluding carboxylic acids is 1. The van der Waals surface area contributed by atoms with Gasteiger partial charge in [-0.25, -0.2) is 4.98 Å². The number of hydrogen-bond acceptors (Lipinski definition) is 3. The number of halogens is 2. The predicted octanol–water partition coefficient (Wildman–Crippen LogP) is 5.68. The molecule has 1 N–H and O–H groups in total. The van der Waals surface area contributed by atoms with Crippen molar-refractivity contribution in [3.8, 4) is 0 Å². The molecule has 0 saturated heterocycles. The summed E-state index contributed by atoms with van der Waals surface area (Å²) in [5.74, 6) is -0.390. The molecule has 2 aromatic carbocycles. The second-order valence-corrected chi connectivity index (χ2v) is 7.20. The number of anilines is 1. The van der Waals surface area contributed by atoms with Crippen molar-refractivity contribution in [2.24, 2.45) is 0 Å². The van der Waals surface area contributed by atoms with Crippen LogP contribution in [0.1, 0.15) is 21.5 Å². The highest BCUT2D eigenvalue weighted by Gasteiger charge is 2.17. The van der Waals surface area contributed by atoms with Crippen molar-refractivity contribution in [3.05, 3.63) is 94.6 Å². The maximum Gasteiger partial charge on any atom is 0.258 e. The Bertz CT molecular complexity index is 1200. The summed E-state index contributed by atoms with van der Waals surface area (Å²) in [4.78, 5) is 21.5. The number of aromatic nitrogens is 3. The summed E-state index contributed by atoms with van der Waals surface area (Å²) in [6.07, 6.45) is 8.90. The fourth-order valence-electron chi connectivity index (χ4n) is 3.21. The largest absolute Gasteiger partial charge is 0.333 e. The Labute approximate surface area is 177 Å². The van der Waals surface area contributed by atoms with Gasteiger partial charge in [-0.2, -0.15) is 0 Å². The molecule has 0 radical (unpaired) electrons. The van der Waals surface area contributed by atoms with Gasteiger partial charge >= 0.3 is 0 Å². The summed E-state index contributed by atoms with van der Waals surface area (Å²) in [6.45, 7) is 4.50. The van der Waals surface area contributed by atoms with Gasteiger partial charge in [-0.05, 0) is 29.3 Å². The third-order valence-corrected chi connectivity index (χ3v) is 5.23. The SMILES string of the molecule is C=Cc1cnc2c(NC(=O)c3c(Cl)cccc3Cl)cccc2c1Cn1ccnc1. The minimum atomic E-state index is -0.390. The monoisotopic (exact) mass is 422 g/mol. The minimum Gasteiger partial charge on any atom is -0.333 e. The molecular weight excluding hydrogens is 407 g/mol. The summed E-state index contributed by atoms with van der Waals surface area (Å²) in [5.41, 5.74) is 3.43. The fraction of sp³-hybridized carbons (Fsp3) is 0.0455. The predicted molar refractivity (Wildman–Crippen MR) is 118 cm³/mol. The van der Waals surface area contributed by atoms with Gasteiger partial charge in [-0.1, -0.05) is 54.1 Å². The molecule has 0 unspecified atom stereocenters. The Morgan fingerprint density at radius 3 is 2.62 bits per heavy atom. The van der Waals surface area contributed by atoms with Gasteiger partial charge in [0.15, 0.2) is 0 Å². The maximum absolute atomic E-state index is 12.8. The molecule has 4 aromatic rings. The molecule has 1 amide bonds. The molecule has 29 heavy (non-hydrogen) atoms. The first-order valence-corrected chi connectivity index (χ1v) is 9.58. The fourth-order valence-corrected chi connectivity index (χ4v) is 3.78. The van der Waals surface area contributed by atoms with Crippen LogP contribution in [-0.2, 0) is 6.54 Å². The van der Waals surface area contributed by atoms with Crippen LogP contribution >= 0.6 is 23.2 Å². The number of carbonyl (C=O) groups is 1. The molecule has 0 bridgehead atoms. The minimum absolute atomic E-state index is 0.231. The van der Waals surface area contributed by atoms with Gasteiger partial charge in [0.1, 0.15) is 0 Å². The Morgan fingerprint density at radius 1 is 1.17 bits per heavy atom. The first-order chi connectivity index (χ1) is 14.1. The van der Waals surface area contributed by atoms with Crippen molar-refractivity contribution in [1.29, 1.82) is 0 Å². The molecule has 0 aliphatic heterocycles. The topological polar surface area (TPSA) is 59.8 Å². The number of amides is 1. The second-order valence-electron chi connectivity index (χ2n) is 6.38. The normalized spacial score (nSPS) is 10.8. The molecular formula is C22H16Cl2N4O. The summed E-state index contributed by atoms with van der Waals surface area (Å²) in [7, 11) is 0. The van der Waals surface area contributed by atoms with E-state index >= 15 is 0 Å². The highest BCUT2D eigenvalue weighted by atomic mass is 35.5. The summed E-state index contributed by atoms with van der Waals surface area (Å²) < 4.78 is 1.97. The number of rotatable bonds is 5. The van der Waals surface area contributed by atoms with Crippen molar-refractivity contribution >= 4 is 51.8 Å². The van der Waals surface area contributed by atoms with Crippen molar-refractivity contribution < 1.29 is 4.79 Å². The highest BCUT2D eigenvalue weighted by Crippen LogP contribution is 2.30. The lowest BCUT2D eigenvalue weighted by Crippen LogP contribution is -2.14. The number of nitrogens with zero attached hydrogens (tertiary/aromatic N) is 3. The van der Waals surface area contributed by atoms with Crippen molar-refractivity contribution in [3.63, 3.8) is 0 Å². The van der Waals surface area contributed by atoms with E-state index < -0.39 is 0 Å². The van der Waals surface area contributed by atoms with Crippen LogP contribution in [0, 0.1) is 0 Å². The van der Waals surface area contributed by atoms with Gasteiger partial charge in [0.05, 0.1) is 33.1 Å². The van der Waals surface area contributed by atoms with E-state index in [1.807, 2.05) is 22.9 Å². The Morgan fingerprint density at radius 2 is 1.93 bits per heavy atom. The lowest BCUT2D eigenvalue weighted by molar-refractivity contribution is 0.102. The molecule has 0 aliphatic rings. The number of nitrogens with one attached hydrogen (secondary N) is 1. The lowest BCUT2D eigenvalue weighted by atomic mass is 10.0. The zero-order chi connectivity index (χ0) is 20.4. The van der Waals surface area contributed by atoms with Crippen LogP contribution in [0.3, 0.4) is 0 Å². The smallest absolute Gasteiger partial charge is 0.258 e. The molecule has 5 nitrogen and oxygen atoms in total. The van der Waals surface area contributed by atoms with E-state index in [1.54, 1.807) is 49.1 Å². The average Bonchev–Trinajstić information content (AvgIpc) is 3.21. The number of para-hydroxylation sites is 1. The zero-order valence-electron chi connectivity index (χ0n) is 15.3. The van der Waals surface area contributed by atoms with Gasteiger partial charge < -0.3 is 9.88 Å². The van der Waals surface area contributed by atoms with Crippen LogP contribution in [0.25, 0.3) is 17.0 Å². The third kappa shape index (κ3) is 3.75. The molecule has 2 aromatic heterocycles. The highest BCUT2D eigenvalue weighted by molar-refractivity contribution is 6.40. The van der Waals surface area contributed by atoms with Crippen LogP contribution in [0.2, 0.25) is 10.0 Å². The summed E-state index contributed by atoms with van der Waals surface area (Å²) >= 11 is 12.3. The molecule has 0 aliphatic carbocycles. The standard InChI is InChI=1S/C22H16Cl2N4O/c1-2-14-11-26-21-15(16(14)12-28-10-9-25-13-28)5-3-8-19(21)27-22(29)20-17(23)6-4-7-18(20)24/h2-11,13H,1,12H2,(H,27,29). The molecule has 4 rings (SSSR count). The number of pyridine rings is 1. The number of fused-ring (bicyclic) bond motifs is 1. The van der Waals surface area contributed by atoms with Crippen LogP contribution in [0.15, 0.2) is 67.9 Å². The van der Waals surface area contributed by atoms with E-state index in [9.17, 15) is 4.79 Å². The molecule has 0 saturated carbocycles. The molecule has 0 atom stereocenters. The van der Waals surface area contributed by atoms with E-state index in [1.165, 1.54) is 0 Å². The first-order valence-electron chi connectivity index (χ1n) is 8.82. The van der Waals surface area contributed by atoms with Gasteiger partial charge in [0.25, 0.3) is 5.91 Å². The Kier molecular flexibility index (Phi) is 5.34. The molecule has 7 heteroatoms. The molecule has 0 spiro atoms. The second kappa shape index (κ2) is 8.07. The third-order valence-electron chi connectivity index (χ3n) is 4.60. The van der Waals surface area contributed by atoms with Crippen LogP contribution in [0.4, 0.5) is 5.69 Å². The van der Waals surface area contributed by atoms with E-state index in [-0.39, 0.29) is 21.5 Å². The van der Waals surface area contributed by atoms with E-state index in [0.717, 1.165) is 16.5 Å². The van der Waals surface area contributed by atoms with Gasteiger partial charge in [0, 0.05) is 30.5 Å². The van der Waals surface area contributed by atoms with Crippen molar-refractivity contribution in [2.45, 2.75) is 6.54 Å². The van der Waals surface area contributed by atoms with Crippen molar-refractivity contribution in [2.75, 3.05) is 5.32 Å². The molecule has 0 fully saturated rings. The Balaban J connectivity index is 1.78. The van der Waals surface area contributed by atoms with Crippen molar-refractivity contribution in [1.82, 2.24) is 14.5 Å². The summed E-state index contributed by atoms with van der Waals surface area (Å²) in [5, 5.41) is 4.39.